The van der Waals surface area contributed by atoms with Crippen LogP contribution in [0.5, 0.6) is 0 Å². The summed E-state index contributed by atoms with van der Waals surface area (Å²) in [5.74, 6) is -0.799. The van der Waals surface area contributed by atoms with E-state index in [2.05, 4.69) is 15.4 Å². The molecule has 0 bridgehead atoms. The summed E-state index contributed by atoms with van der Waals surface area (Å²) in [5.41, 5.74) is 3.03. The summed E-state index contributed by atoms with van der Waals surface area (Å²) in [6.07, 6.45) is 2.67. The molecule has 1 aliphatic heterocycles. The summed E-state index contributed by atoms with van der Waals surface area (Å²) in [7, 11) is 0. The Balaban J connectivity index is 1.41. The maximum atomic E-state index is 12.5. The minimum atomic E-state index is -0.827. The zero-order valence-corrected chi connectivity index (χ0v) is 13.8. The molecule has 0 saturated carbocycles. The van der Waals surface area contributed by atoms with Crippen molar-refractivity contribution in [2.24, 2.45) is 0 Å². The van der Waals surface area contributed by atoms with Crippen LogP contribution in [-0.4, -0.2) is 32.7 Å². The van der Waals surface area contributed by atoms with Crippen molar-refractivity contribution in [3.05, 3.63) is 77.9 Å². The number of carbonyl (C=O) groups excluding carboxylic acids is 2. The van der Waals surface area contributed by atoms with Gasteiger partial charge in [-0.25, -0.2) is 14.5 Å². The van der Waals surface area contributed by atoms with Crippen molar-refractivity contribution in [2.45, 2.75) is 19.1 Å². The summed E-state index contributed by atoms with van der Waals surface area (Å²) in [6.45, 7) is 0.602. The van der Waals surface area contributed by atoms with E-state index in [1.165, 1.54) is 6.33 Å². The number of anilines is 1. The molecule has 1 N–H and O–H groups in total. The Morgan fingerprint density at radius 1 is 1.19 bits per heavy atom. The molecule has 1 amide bonds. The molecular formula is C19H16N4O3. The number of nitrogens with one attached hydrogen (secondary N) is 1. The molecule has 7 heteroatoms. The number of esters is 1. The number of hydrogen-bond donors (Lipinski definition) is 1. The third kappa shape index (κ3) is 3.32. The molecule has 2 heterocycles. The first kappa shape index (κ1) is 16.0. The van der Waals surface area contributed by atoms with Gasteiger partial charge in [0, 0.05) is 12.1 Å². The van der Waals surface area contributed by atoms with Gasteiger partial charge in [-0.2, -0.15) is 5.10 Å². The third-order valence-electron chi connectivity index (χ3n) is 4.22. The lowest BCUT2D eigenvalue weighted by Crippen LogP contribution is -2.37. The predicted octanol–water partition coefficient (Wildman–Crippen LogP) is 2.05. The average molecular weight is 348 g/mol. The smallest absolute Gasteiger partial charge is 0.339 e. The number of rotatable bonds is 4. The van der Waals surface area contributed by atoms with Gasteiger partial charge in [-0.3, -0.25) is 4.79 Å². The summed E-state index contributed by atoms with van der Waals surface area (Å²) in [6, 6.07) is 14.6. The maximum Gasteiger partial charge on any atom is 0.339 e. The van der Waals surface area contributed by atoms with E-state index in [1.807, 2.05) is 36.4 Å². The van der Waals surface area contributed by atoms with Gasteiger partial charge in [0.25, 0.3) is 5.91 Å². The molecule has 1 aromatic heterocycles. The number of hydrogen-bond acceptors (Lipinski definition) is 5. The molecule has 0 saturated heterocycles. The first-order chi connectivity index (χ1) is 12.7. The van der Waals surface area contributed by atoms with Gasteiger partial charge in [0.1, 0.15) is 12.7 Å². The SMILES string of the molecule is O=C1OC(C(=O)Nc2ccc(Cn3cncn3)cc2)Cc2ccccc21. The fourth-order valence-electron chi connectivity index (χ4n) is 2.90. The first-order valence-electron chi connectivity index (χ1n) is 8.20. The molecule has 1 unspecified atom stereocenters. The van der Waals surface area contributed by atoms with Crippen LogP contribution in [-0.2, 0) is 22.5 Å². The van der Waals surface area contributed by atoms with Crippen molar-refractivity contribution in [1.29, 1.82) is 0 Å². The maximum absolute atomic E-state index is 12.5. The highest BCUT2D eigenvalue weighted by Gasteiger charge is 2.30. The van der Waals surface area contributed by atoms with E-state index >= 15 is 0 Å². The fourth-order valence-corrected chi connectivity index (χ4v) is 2.90. The number of amides is 1. The molecule has 1 aliphatic rings. The van der Waals surface area contributed by atoms with Gasteiger partial charge in [0.15, 0.2) is 6.10 Å². The van der Waals surface area contributed by atoms with Crippen LogP contribution in [0.25, 0.3) is 0 Å². The van der Waals surface area contributed by atoms with Gasteiger partial charge in [0.05, 0.1) is 12.1 Å². The second kappa shape index (κ2) is 6.79. The molecule has 130 valence electrons. The van der Waals surface area contributed by atoms with E-state index in [1.54, 1.807) is 23.1 Å². The highest BCUT2D eigenvalue weighted by molar-refractivity contribution is 6.00. The van der Waals surface area contributed by atoms with E-state index in [-0.39, 0.29) is 5.91 Å². The van der Waals surface area contributed by atoms with Crippen LogP contribution in [0.1, 0.15) is 21.5 Å². The normalized spacial score (nSPS) is 15.8. The highest BCUT2D eigenvalue weighted by atomic mass is 16.5. The molecule has 3 aromatic rings. The summed E-state index contributed by atoms with van der Waals surface area (Å²) >= 11 is 0. The zero-order valence-electron chi connectivity index (χ0n) is 13.8. The Morgan fingerprint density at radius 2 is 2.00 bits per heavy atom. The predicted molar refractivity (Wildman–Crippen MR) is 93.5 cm³/mol. The average Bonchev–Trinajstić information content (AvgIpc) is 3.16. The molecule has 1 atom stereocenters. The summed E-state index contributed by atoms with van der Waals surface area (Å²) in [4.78, 5) is 28.4. The van der Waals surface area contributed by atoms with Crippen LogP contribution in [0.3, 0.4) is 0 Å². The second-order valence-corrected chi connectivity index (χ2v) is 6.03. The van der Waals surface area contributed by atoms with E-state index in [0.29, 0.717) is 24.2 Å². The molecule has 0 spiro atoms. The van der Waals surface area contributed by atoms with Crippen molar-refractivity contribution in [1.82, 2.24) is 14.8 Å². The monoisotopic (exact) mass is 348 g/mol. The van der Waals surface area contributed by atoms with Crippen LogP contribution >= 0.6 is 0 Å². The quantitative estimate of drug-likeness (QED) is 0.729. The van der Waals surface area contributed by atoms with Crippen LogP contribution < -0.4 is 5.32 Å². The van der Waals surface area contributed by atoms with Crippen LogP contribution in [0.4, 0.5) is 5.69 Å². The third-order valence-corrected chi connectivity index (χ3v) is 4.22. The van der Waals surface area contributed by atoms with E-state index < -0.39 is 12.1 Å². The second-order valence-electron chi connectivity index (χ2n) is 6.03. The molecule has 0 aliphatic carbocycles. The molecule has 26 heavy (non-hydrogen) atoms. The lowest BCUT2D eigenvalue weighted by Gasteiger charge is -2.23. The standard InChI is InChI=1S/C19H16N4O3/c24-18(17-9-14-3-1-2-4-16(14)19(25)26-17)22-15-7-5-13(6-8-15)10-23-12-20-11-21-23/h1-8,11-12,17H,9-10H2,(H,22,24). The number of aromatic nitrogens is 3. The molecule has 7 nitrogen and oxygen atoms in total. The Hall–Kier alpha value is -3.48. The minimum absolute atomic E-state index is 0.336. The van der Waals surface area contributed by atoms with Crippen molar-refractivity contribution >= 4 is 17.6 Å². The number of fused-ring (bicyclic) bond motifs is 1. The number of cyclic esters (lactones) is 1. The zero-order chi connectivity index (χ0) is 17.9. The van der Waals surface area contributed by atoms with E-state index in [0.717, 1.165) is 11.1 Å². The number of ether oxygens (including phenoxy) is 1. The minimum Gasteiger partial charge on any atom is -0.448 e. The molecule has 0 radical (unpaired) electrons. The van der Waals surface area contributed by atoms with Gasteiger partial charge in [-0.05, 0) is 29.3 Å². The molecule has 0 fully saturated rings. The van der Waals surface area contributed by atoms with Gasteiger partial charge < -0.3 is 10.1 Å². The Kier molecular flexibility index (Phi) is 4.18. The lowest BCUT2D eigenvalue weighted by atomic mass is 9.98. The summed E-state index contributed by atoms with van der Waals surface area (Å²) in [5, 5.41) is 6.85. The largest absolute Gasteiger partial charge is 0.448 e. The Labute approximate surface area is 149 Å². The van der Waals surface area contributed by atoms with Gasteiger partial charge in [-0.15, -0.1) is 0 Å². The summed E-state index contributed by atoms with van der Waals surface area (Å²) < 4.78 is 6.99. The topological polar surface area (TPSA) is 86.1 Å². The number of benzene rings is 2. The first-order valence-corrected chi connectivity index (χ1v) is 8.20. The van der Waals surface area contributed by atoms with Crippen molar-refractivity contribution in [2.75, 3.05) is 5.32 Å². The Bertz CT molecular complexity index is 936. The van der Waals surface area contributed by atoms with Gasteiger partial charge >= 0.3 is 5.97 Å². The van der Waals surface area contributed by atoms with Crippen molar-refractivity contribution in [3.8, 4) is 0 Å². The van der Waals surface area contributed by atoms with Gasteiger partial charge in [-0.1, -0.05) is 30.3 Å². The van der Waals surface area contributed by atoms with Crippen LogP contribution in [0.2, 0.25) is 0 Å². The molecule has 4 rings (SSSR count). The number of nitrogens with zero attached hydrogens (tertiary/aromatic N) is 3. The van der Waals surface area contributed by atoms with Crippen LogP contribution in [0.15, 0.2) is 61.2 Å². The van der Waals surface area contributed by atoms with Gasteiger partial charge in [0.2, 0.25) is 0 Å². The fraction of sp³-hybridized carbons (Fsp3) is 0.158. The van der Waals surface area contributed by atoms with E-state index in [9.17, 15) is 9.59 Å². The highest BCUT2D eigenvalue weighted by Crippen LogP contribution is 2.21. The Morgan fingerprint density at radius 3 is 2.77 bits per heavy atom. The molecular weight excluding hydrogens is 332 g/mol. The van der Waals surface area contributed by atoms with Crippen molar-refractivity contribution in [3.63, 3.8) is 0 Å². The van der Waals surface area contributed by atoms with Crippen LogP contribution in [0, 0.1) is 0 Å². The van der Waals surface area contributed by atoms with E-state index in [4.69, 9.17) is 4.74 Å². The molecule has 2 aromatic carbocycles. The lowest BCUT2D eigenvalue weighted by molar-refractivity contribution is -0.125. The number of carbonyl (C=O) groups is 2. The van der Waals surface area contributed by atoms with Crippen molar-refractivity contribution < 1.29 is 14.3 Å².